The first-order valence-corrected chi connectivity index (χ1v) is 7.15. The number of aryl methyl sites for hydroxylation is 1. The fourth-order valence-corrected chi connectivity index (χ4v) is 2.54. The molecule has 0 saturated carbocycles. The van der Waals surface area contributed by atoms with Gasteiger partial charge in [-0.15, -0.1) is 5.10 Å². The van der Waals surface area contributed by atoms with Crippen LogP contribution in [-0.4, -0.2) is 15.5 Å². The molecule has 0 saturated heterocycles. The molecule has 1 heterocycles. The van der Waals surface area contributed by atoms with Crippen molar-refractivity contribution in [2.45, 2.75) is 19.8 Å². The second kappa shape index (κ2) is 6.06. The SMILES string of the molecule is CCCc1nnsc1C(=O)Nc1cccc(Br)c1. The van der Waals surface area contributed by atoms with Gasteiger partial charge in [0.2, 0.25) is 0 Å². The highest BCUT2D eigenvalue weighted by Gasteiger charge is 2.15. The minimum Gasteiger partial charge on any atom is -0.321 e. The van der Waals surface area contributed by atoms with E-state index in [9.17, 15) is 4.79 Å². The average molecular weight is 326 g/mol. The zero-order chi connectivity index (χ0) is 13.0. The van der Waals surface area contributed by atoms with E-state index in [-0.39, 0.29) is 5.91 Å². The van der Waals surface area contributed by atoms with Gasteiger partial charge in [-0.2, -0.15) is 0 Å². The predicted molar refractivity (Wildman–Crippen MR) is 76.0 cm³/mol. The van der Waals surface area contributed by atoms with Crippen molar-refractivity contribution in [3.63, 3.8) is 0 Å². The third-order valence-corrected chi connectivity index (χ3v) is 3.59. The quantitative estimate of drug-likeness (QED) is 0.935. The predicted octanol–water partition coefficient (Wildman–Crippen LogP) is 3.51. The summed E-state index contributed by atoms with van der Waals surface area (Å²) in [5, 5.41) is 6.83. The zero-order valence-electron chi connectivity index (χ0n) is 9.81. The maximum Gasteiger partial charge on any atom is 0.269 e. The largest absolute Gasteiger partial charge is 0.321 e. The van der Waals surface area contributed by atoms with E-state index in [1.165, 1.54) is 0 Å². The van der Waals surface area contributed by atoms with E-state index in [0.29, 0.717) is 4.88 Å². The highest BCUT2D eigenvalue weighted by molar-refractivity contribution is 9.10. The molecule has 0 aliphatic rings. The van der Waals surface area contributed by atoms with Crippen molar-refractivity contribution in [2.75, 3.05) is 5.32 Å². The second-order valence-electron chi connectivity index (χ2n) is 3.76. The third kappa shape index (κ3) is 3.14. The number of anilines is 1. The molecule has 1 aromatic heterocycles. The maximum absolute atomic E-state index is 12.1. The maximum atomic E-state index is 12.1. The Morgan fingerprint density at radius 3 is 3.06 bits per heavy atom. The van der Waals surface area contributed by atoms with Crippen LogP contribution in [0.25, 0.3) is 0 Å². The number of carbonyl (C=O) groups is 1. The number of halogens is 1. The molecule has 0 radical (unpaired) electrons. The minimum atomic E-state index is -0.147. The number of rotatable bonds is 4. The van der Waals surface area contributed by atoms with Crippen molar-refractivity contribution in [3.8, 4) is 0 Å². The molecule has 2 aromatic rings. The zero-order valence-corrected chi connectivity index (χ0v) is 12.2. The van der Waals surface area contributed by atoms with Gasteiger partial charge in [0.15, 0.2) is 0 Å². The van der Waals surface area contributed by atoms with Crippen molar-refractivity contribution in [1.82, 2.24) is 9.59 Å². The molecule has 0 aliphatic heterocycles. The Hall–Kier alpha value is -1.27. The molecular weight excluding hydrogens is 314 g/mol. The lowest BCUT2D eigenvalue weighted by atomic mass is 10.2. The van der Waals surface area contributed by atoms with Crippen molar-refractivity contribution >= 4 is 39.1 Å². The summed E-state index contributed by atoms with van der Waals surface area (Å²) in [5.41, 5.74) is 1.53. The van der Waals surface area contributed by atoms with Crippen LogP contribution in [-0.2, 0) is 6.42 Å². The van der Waals surface area contributed by atoms with E-state index in [1.54, 1.807) is 0 Å². The molecule has 94 valence electrons. The standard InChI is InChI=1S/C12H12BrN3OS/c1-2-4-10-11(18-16-15-10)12(17)14-9-6-3-5-8(13)7-9/h3,5-7H,2,4H2,1H3,(H,14,17). The van der Waals surface area contributed by atoms with Gasteiger partial charge >= 0.3 is 0 Å². The molecule has 0 bridgehead atoms. The molecule has 2 rings (SSSR count). The van der Waals surface area contributed by atoms with Crippen LogP contribution in [0.2, 0.25) is 0 Å². The van der Waals surface area contributed by atoms with Crippen molar-refractivity contribution < 1.29 is 4.79 Å². The van der Waals surface area contributed by atoms with Crippen LogP contribution in [0.1, 0.15) is 28.7 Å². The molecule has 0 atom stereocenters. The molecule has 0 unspecified atom stereocenters. The highest BCUT2D eigenvalue weighted by atomic mass is 79.9. The fourth-order valence-electron chi connectivity index (χ4n) is 1.54. The first-order valence-electron chi connectivity index (χ1n) is 5.59. The number of carbonyl (C=O) groups excluding carboxylic acids is 1. The van der Waals surface area contributed by atoms with E-state index in [0.717, 1.165) is 40.2 Å². The van der Waals surface area contributed by atoms with Gasteiger partial charge < -0.3 is 5.32 Å². The summed E-state index contributed by atoms with van der Waals surface area (Å²) < 4.78 is 4.77. The second-order valence-corrected chi connectivity index (χ2v) is 5.43. The van der Waals surface area contributed by atoms with Crippen molar-refractivity contribution in [2.24, 2.45) is 0 Å². The summed E-state index contributed by atoms with van der Waals surface area (Å²) in [4.78, 5) is 12.7. The average Bonchev–Trinajstić information content (AvgIpc) is 2.78. The van der Waals surface area contributed by atoms with Crippen molar-refractivity contribution in [3.05, 3.63) is 39.3 Å². The first kappa shape index (κ1) is 13.2. The van der Waals surface area contributed by atoms with Gasteiger partial charge in [0.1, 0.15) is 4.88 Å². The summed E-state index contributed by atoms with van der Waals surface area (Å²) in [6.07, 6.45) is 1.72. The highest BCUT2D eigenvalue weighted by Crippen LogP contribution is 2.18. The molecule has 6 heteroatoms. The number of aromatic nitrogens is 2. The Balaban J connectivity index is 2.14. The van der Waals surface area contributed by atoms with Crippen molar-refractivity contribution in [1.29, 1.82) is 0 Å². The van der Waals surface area contributed by atoms with Gasteiger partial charge in [0, 0.05) is 10.2 Å². The van der Waals surface area contributed by atoms with E-state index in [2.05, 4.69) is 37.8 Å². The van der Waals surface area contributed by atoms with Crippen LogP contribution in [0, 0.1) is 0 Å². The smallest absolute Gasteiger partial charge is 0.269 e. The normalized spacial score (nSPS) is 10.3. The molecule has 0 spiro atoms. The van der Waals surface area contributed by atoms with E-state index < -0.39 is 0 Å². The minimum absolute atomic E-state index is 0.147. The molecule has 0 fully saturated rings. The van der Waals surface area contributed by atoms with Gasteiger partial charge in [-0.3, -0.25) is 4.79 Å². The van der Waals surface area contributed by atoms with Crippen LogP contribution in [0.5, 0.6) is 0 Å². The molecular formula is C12H12BrN3OS. The lowest BCUT2D eigenvalue weighted by molar-refractivity contribution is 0.102. The molecule has 18 heavy (non-hydrogen) atoms. The Kier molecular flexibility index (Phi) is 4.43. The van der Waals surface area contributed by atoms with E-state index in [4.69, 9.17) is 0 Å². The van der Waals surface area contributed by atoms with Crippen LogP contribution in [0.15, 0.2) is 28.7 Å². The number of benzene rings is 1. The first-order chi connectivity index (χ1) is 8.70. The van der Waals surface area contributed by atoms with Gasteiger partial charge in [-0.1, -0.05) is 39.8 Å². The number of hydrogen-bond acceptors (Lipinski definition) is 4. The summed E-state index contributed by atoms with van der Waals surface area (Å²) in [6, 6.07) is 7.48. The van der Waals surface area contributed by atoms with E-state index in [1.807, 2.05) is 24.3 Å². The Morgan fingerprint density at radius 1 is 1.50 bits per heavy atom. The number of nitrogens with one attached hydrogen (secondary N) is 1. The van der Waals surface area contributed by atoms with Crippen LogP contribution >= 0.6 is 27.5 Å². The summed E-state index contributed by atoms with van der Waals surface area (Å²) >= 11 is 4.50. The van der Waals surface area contributed by atoms with Crippen LogP contribution < -0.4 is 5.32 Å². The monoisotopic (exact) mass is 325 g/mol. The van der Waals surface area contributed by atoms with Gasteiger partial charge in [0.25, 0.3) is 5.91 Å². The molecule has 0 aliphatic carbocycles. The molecule has 1 N–H and O–H groups in total. The van der Waals surface area contributed by atoms with Gasteiger partial charge in [0.05, 0.1) is 5.69 Å². The van der Waals surface area contributed by atoms with Gasteiger partial charge in [-0.25, -0.2) is 0 Å². The molecule has 4 nitrogen and oxygen atoms in total. The lowest BCUT2D eigenvalue weighted by Gasteiger charge is -2.04. The third-order valence-electron chi connectivity index (χ3n) is 2.33. The Morgan fingerprint density at radius 2 is 2.33 bits per heavy atom. The summed E-state index contributed by atoms with van der Waals surface area (Å²) in [5.74, 6) is -0.147. The topological polar surface area (TPSA) is 54.9 Å². The van der Waals surface area contributed by atoms with Gasteiger partial charge in [-0.05, 0) is 36.2 Å². The summed E-state index contributed by atoms with van der Waals surface area (Å²) in [6.45, 7) is 2.05. The molecule has 1 amide bonds. The van der Waals surface area contributed by atoms with Crippen LogP contribution in [0.4, 0.5) is 5.69 Å². The van der Waals surface area contributed by atoms with E-state index >= 15 is 0 Å². The summed E-state index contributed by atoms with van der Waals surface area (Å²) in [7, 11) is 0. The number of hydrogen-bond donors (Lipinski definition) is 1. The lowest BCUT2D eigenvalue weighted by Crippen LogP contribution is -2.12. The number of amides is 1. The molecule has 1 aromatic carbocycles. The fraction of sp³-hybridized carbons (Fsp3) is 0.250. The number of nitrogens with zero attached hydrogens (tertiary/aromatic N) is 2. The Labute approximate surface area is 118 Å². The van der Waals surface area contributed by atoms with Crippen LogP contribution in [0.3, 0.4) is 0 Å². The Bertz CT molecular complexity index is 556.